The van der Waals surface area contributed by atoms with Crippen molar-refractivity contribution in [3.8, 4) is 0 Å². The summed E-state index contributed by atoms with van der Waals surface area (Å²) in [4.78, 5) is 86.6. The maximum atomic E-state index is 14.0. The molecule has 0 radical (unpaired) electrons. The van der Waals surface area contributed by atoms with Crippen molar-refractivity contribution in [1.82, 2.24) is 29.4 Å². The molecule has 0 spiro atoms. The zero-order valence-electron chi connectivity index (χ0n) is 60.4. The van der Waals surface area contributed by atoms with Gasteiger partial charge in [0.15, 0.2) is 0 Å². The monoisotopic (exact) mass is 1050 g/mol. The third kappa shape index (κ3) is 11.7. The Bertz CT molecular complexity index is 3500. The lowest BCUT2D eigenvalue weighted by Crippen LogP contribution is -2.56. The van der Waals surface area contributed by atoms with Gasteiger partial charge in [-0.15, -0.1) is 0 Å². The maximum absolute atomic E-state index is 14.0. The van der Waals surface area contributed by atoms with E-state index in [9.17, 15) is 41.9 Å². The van der Waals surface area contributed by atoms with Crippen LogP contribution in [0.4, 0.5) is 13.2 Å². The fourth-order valence-electron chi connectivity index (χ4n) is 11.5. The predicted molar refractivity (Wildman–Crippen MR) is 279 cm³/mol. The van der Waals surface area contributed by atoms with Gasteiger partial charge in [-0.25, -0.2) is 13.2 Å². The molecule has 6 amide bonds. The summed E-state index contributed by atoms with van der Waals surface area (Å²) in [5.41, 5.74) is 4.38. The summed E-state index contributed by atoms with van der Waals surface area (Å²) in [5, 5.41) is 0. The smallest absolute Gasteiger partial charge is 0.242 e. The molecule has 3 unspecified atom stereocenters. The van der Waals surface area contributed by atoms with Gasteiger partial charge in [-0.1, -0.05) is 58.7 Å². The van der Waals surface area contributed by atoms with Gasteiger partial charge in [0.25, 0.3) is 0 Å². The Labute approximate surface area is 468 Å². The largest absolute Gasteiger partial charge is 0.332 e. The molecule has 12 rings (SSSR count). The molecular formula is C60H77F3N6O6. The van der Waals surface area contributed by atoms with E-state index in [0.29, 0.717) is 50.5 Å². The van der Waals surface area contributed by atoms with Crippen LogP contribution in [0.2, 0.25) is 0 Å². The molecule has 3 aromatic rings. The van der Waals surface area contributed by atoms with E-state index in [4.69, 9.17) is 26.0 Å². The molecule has 12 nitrogen and oxygen atoms in total. The molecule has 6 heterocycles. The summed E-state index contributed by atoms with van der Waals surface area (Å²) < 4.78 is 200. The van der Waals surface area contributed by atoms with Gasteiger partial charge in [0.2, 0.25) is 35.4 Å². The van der Waals surface area contributed by atoms with Crippen molar-refractivity contribution in [2.45, 2.75) is 142 Å². The van der Waals surface area contributed by atoms with Crippen LogP contribution in [0.5, 0.6) is 0 Å². The molecule has 15 heteroatoms. The number of fused-ring (bicyclic) bond motifs is 9. The summed E-state index contributed by atoms with van der Waals surface area (Å²) >= 11 is 0. The second kappa shape index (κ2) is 23.3. The molecule has 6 fully saturated rings. The summed E-state index contributed by atoms with van der Waals surface area (Å²) in [6.45, 7) is 1.70. The van der Waals surface area contributed by atoms with Gasteiger partial charge in [0.05, 0.1) is 37.8 Å². The van der Waals surface area contributed by atoms with Crippen LogP contribution < -0.4 is 0 Å². The summed E-state index contributed by atoms with van der Waals surface area (Å²) in [6.07, 6.45) is -20.4. The van der Waals surface area contributed by atoms with Gasteiger partial charge in [0.1, 0.15) is 17.5 Å². The first-order valence-electron chi connectivity index (χ1n) is 34.9. The van der Waals surface area contributed by atoms with Crippen LogP contribution in [-0.4, -0.2) is 124 Å². The van der Waals surface area contributed by atoms with Crippen LogP contribution in [-0.2, 0) is 48.0 Å². The van der Waals surface area contributed by atoms with Gasteiger partial charge in [0, 0.05) is 83.0 Å². The number of carbonyl (C=O) groups is 6. The molecule has 404 valence electrons. The number of hydrogen-bond acceptors (Lipinski definition) is 6. The van der Waals surface area contributed by atoms with Crippen molar-refractivity contribution >= 4 is 35.4 Å². The molecule has 0 N–H and O–H groups in total. The Morgan fingerprint density at radius 3 is 1.23 bits per heavy atom. The average molecular weight is 1050 g/mol. The number of halogens is 3. The zero-order valence-corrected chi connectivity index (χ0v) is 41.4. The van der Waals surface area contributed by atoms with Crippen LogP contribution in [0.3, 0.4) is 0 Å². The highest BCUT2D eigenvalue weighted by Crippen LogP contribution is 2.39. The Hall–Kier alpha value is -5.73. The normalized spacial score (nSPS) is 39.4. The number of benzene rings is 3. The van der Waals surface area contributed by atoms with Crippen LogP contribution in [0, 0.1) is 47.0 Å². The number of nitrogens with zero attached hydrogens (tertiary/aromatic N) is 6. The molecule has 0 aromatic heterocycles. The van der Waals surface area contributed by atoms with Crippen LogP contribution in [0.25, 0.3) is 0 Å². The van der Waals surface area contributed by atoms with E-state index in [2.05, 4.69) is 0 Å². The second-order valence-electron chi connectivity index (χ2n) is 20.1. The van der Waals surface area contributed by atoms with E-state index in [1.54, 1.807) is 17.0 Å². The second-order valence-corrected chi connectivity index (χ2v) is 20.1. The summed E-state index contributed by atoms with van der Waals surface area (Å²) in [5.74, 6) is -17.2. The average Bonchev–Trinajstić information content (AvgIpc) is 0.666. The first-order chi connectivity index (χ1) is 42.8. The standard InChI is InChI=1S/2C20H25FN2O2.C19H23FN2O2.CH4/c2*1-13-2-4-15(5-3-13)20(25)22-11-18-17-10-16(21)7-6-14(17)8-9-23(18)19(24)12-22;20-15-7-6-13-8-9-22-17(16(13)10-15)11-21(12-18(22)23)19(24)14-4-2-1-3-5-14;/h2*6-7,10,13,15,18H,2-5,8-9,11-12H2,1H3;6-7,10,14,17H,1-5,8-9,11-12H2;1H4/i2D2,3D2,4D2,5D2,13D,15D;2D2,3D2,4D2,5D2,13D;;. The summed E-state index contributed by atoms with van der Waals surface area (Å²) in [6, 6.07) is 11.2. The molecule has 3 saturated carbocycles. The van der Waals surface area contributed by atoms with Crippen molar-refractivity contribution in [3.05, 3.63) is 105 Å². The zero-order chi connectivity index (χ0) is 68.9. The number of hydrogen-bond donors (Lipinski definition) is 0. The minimum absolute atomic E-state index is 0. The van der Waals surface area contributed by atoms with Crippen LogP contribution in [0.1, 0.15) is 182 Å². The maximum Gasteiger partial charge on any atom is 0.242 e. The van der Waals surface area contributed by atoms with Crippen LogP contribution >= 0.6 is 0 Å². The molecule has 3 saturated heterocycles. The molecule has 6 aliphatic heterocycles. The lowest BCUT2D eigenvalue weighted by molar-refractivity contribution is -0.152. The number of piperazine rings is 3. The third-order valence-corrected chi connectivity index (χ3v) is 15.4. The molecule has 9 aliphatic rings. The van der Waals surface area contributed by atoms with Crippen molar-refractivity contribution in [2.75, 3.05) is 58.9 Å². The van der Waals surface area contributed by atoms with Crippen molar-refractivity contribution < 1.29 is 68.0 Å². The Kier molecular flexibility index (Phi) is 10.8. The Morgan fingerprint density at radius 1 is 0.493 bits per heavy atom. The first-order valence-corrected chi connectivity index (χ1v) is 25.4. The van der Waals surface area contributed by atoms with E-state index >= 15 is 0 Å². The van der Waals surface area contributed by atoms with Crippen molar-refractivity contribution in [3.63, 3.8) is 0 Å². The molecule has 3 atom stereocenters. The molecule has 3 aromatic carbocycles. The molecule has 0 bridgehead atoms. The Balaban J connectivity index is 0.000000168. The molecular weight excluding hydrogens is 958 g/mol. The highest BCUT2D eigenvalue weighted by Gasteiger charge is 2.44. The topological polar surface area (TPSA) is 122 Å². The van der Waals surface area contributed by atoms with Gasteiger partial charge >= 0.3 is 0 Å². The van der Waals surface area contributed by atoms with E-state index in [1.165, 1.54) is 52.6 Å². The molecule has 3 aliphatic carbocycles. The van der Waals surface area contributed by atoms with E-state index in [0.717, 1.165) is 71.1 Å². The van der Waals surface area contributed by atoms with Crippen LogP contribution in [0.15, 0.2) is 54.6 Å². The van der Waals surface area contributed by atoms with E-state index in [1.807, 2.05) is 11.0 Å². The quantitative estimate of drug-likeness (QED) is 0.258. The fraction of sp³-hybridized carbons (Fsp3) is 0.600. The third-order valence-electron chi connectivity index (χ3n) is 15.4. The van der Waals surface area contributed by atoms with Gasteiger partial charge in [-0.3, -0.25) is 28.8 Å². The van der Waals surface area contributed by atoms with Gasteiger partial charge in [-0.05, 0) is 165 Å². The van der Waals surface area contributed by atoms with Gasteiger partial charge in [-0.2, -0.15) is 0 Å². The van der Waals surface area contributed by atoms with E-state index in [-0.39, 0.29) is 63.2 Å². The number of carbonyl (C=O) groups excluding carboxylic acids is 6. The van der Waals surface area contributed by atoms with Crippen molar-refractivity contribution in [2.24, 2.45) is 29.5 Å². The highest BCUT2D eigenvalue weighted by atomic mass is 19.1. The highest BCUT2D eigenvalue weighted by molar-refractivity contribution is 5.89. The lowest BCUT2D eigenvalue weighted by atomic mass is 9.82. The minimum atomic E-state index is -3.69. The minimum Gasteiger partial charge on any atom is -0.332 e. The Morgan fingerprint density at radius 2 is 0.840 bits per heavy atom. The van der Waals surface area contributed by atoms with Gasteiger partial charge < -0.3 is 29.4 Å². The predicted octanol–water partition coefficient (Wildman–Crippen LogP) is 9.15. The lowest BCUT2D eigenvalue weighted by Gasteiger charge is -2.45. The fourth-order valence-corrected chi connectivity index (χ4v) is 11.5. The first kappa shape index (κ1) is 34.8. The number of rotatable bonds is 3. The van der Waals surface area contributed by atoms with E-state index < -0.39 is 135 Å². The number of amides is 6. The summed E-state index contributed by atoms with van der Waals surface area (Å²) in [7, 11) is 0. The SMILES string of the molecule is C.O=C(C1CCCCC1)N1CC(=O)N2CCc3ccc(F)cc3C2C1.[2H]C1([2H])C(C(=O)N2CC(=O)N3CCc4ccc(F)cc4C3C2)C([2H])([2H])C([2H])([2H])C([2H])(C)C1([2H])[2H].[2H]C1([2H])C([2H])([2H])C([2H])(C(=O)N2CC(=O)N3CCc4ccc(F)cc4C3C2)C([2H])([2H])C([2H])([2H])C1([2H])C. The molecule has 75 heavy (non-hydrogen) atoms. The van der Waals surface area contributed by atoms with Crippen molar-refractivity contribution in [1.29, 1.82) is 0 Å².